The molecule has 1 heterocycles. The molecule has 1 aromatic heterocycles. The second kappa shape index (κ2) is 7.89. The molecule has 2 aromatic carbocycles. The number of thioether (sulfide) groups is 1. The fourth-order valence-electron chi connectivity index (χ4n) is 2.29. The van der Waals surface area contributed by atoms with Crippen molar-refractivity contribution in [3.63, 3.8) is 0 Å². The van der Waals surface area contributed by atoms with Gasteiger partial charge in [0.15, 0.2) is 0 Å². The van der Waals surface area contributed by atoms with Gasteiger partial charge in [-0.2, -0.15) is 13.2 Å². The third kappa shape index (κ3) is 4.60. The zero-order valence-corrected chi connectivity index (χ0v) is 15.1. The number of nitro benzene ring substituents is 1. The molecule has 0 bridgehead atoms. The van der Waals surface area contributed by atoms with Crippen LogP contribution < -0.4 is 4.74 Å². The van der Waals surface area contributed by atoms with Gasteiger partial charge in [0.1, 0.15) is 5.75 Å². The van der Waals surface area contributed by atoms with Gasteiger partial charge in [-0.3, -0.25) is 10.1 Å². The Labute approximate surface area is 160 Å². The van der Waals surface area contributed by atoms with E-state index in [1.807, 2.05) is 0 Å². The summed E-state index contributed by atoms with van der Waals surface area (Å²) in [5, 5.41) is 18.8. The molecule has 0 spiro atoms. The summed E-state index contributed by atoms with van der Waals surface area (Å²) in [6.45, 7) is 0. The number of halogens is 3. The minimum absolute atomic E-state index is 0.00495. The van der Waals surface area contributed by atoms with E-state index in [-0.39, 0.29) is 22.4 Å². The first kappa shape index (κ1) is 19.7. The molecule has 0 saturated carbocycles. The number of benzene rings is 2. The lowest BCUT2D eigenvalue weighted by atomic mass is 10.1. The Bertz CT molecular complexity index is 990. The number of ether oxygens (including phenoxy) is 1. The van der Waals surface area contributed by atoms with Gasteiger partial charge in [-0.05, 0) is 35.9 Å². The Morgan fingerprint density at radius 1 is 1.18 bits per heavy atom. The lowest BCUT2D eigenvalue weighted by Gasteiger charge is -2.08. The van der Waals surface area contributed by atoms with Crippen molar-refractivity contribution in [2.45, 2.75) is 17.2 Å². The van der Waals surface area contributed by atoms with E-state index >= 15 is 0 Å². The van der Waals surface area contributed by atoms with E-state index < -0.39 is 22.4 Å². The molecule has 0 aliphatic carbocycles. The molecule has 28 heavy (non-hydrogen) atoms. The largest absolute Gasteiger partial charge is 0.497 e. The first-order valence-corrected chi connectivity index (χ1v) is 8.71. The van der Waals surface area contributed by atoms with Gasteiger partial charge in [0.25, 0.3) is 10.9 Å². The highest BCUT2D eigenvalue weighted by Crippen LogP contribution is 2.34. The van der Waals surface area contributed by atoms with Crippen LogP contribution >= 0.6 is 11.8 Å². The van der Waals surface area contributed by atoms with Crippen molar-refractivity contribution >= 4 is 17.4 Å². The fourth-order valence-corrected chi connectivity index (χ4v) is 2.98. The molecular weight excluding hydrogens is 399 g/mol. The van der Waals surface area contributed by atoms with Crippen molar-refractivity contribution in [1.82, 2.24) is 10.2 Å². The van der Waals surface area contributed by atoms with Crippen LogP contribution in [0.15, 0.2) is 52.1 Å². The van der Waals surface area contributed by atoms with Crippen LogP contribution in [0.5, 0.6) is 5.75 Å². The van der Waals surface area contributed by atoms with Crippen molar-refractivity contribution < 1.29 is 27.2 Å². The number of aromatic nitrogens is 2. The normalized spacial score (nSPS) is 11.4. The van der Waals surface area contributed by atoms with Crippen LogP contribution in [0.4, 0.5) is 18.9 Å². The van der Waals surface area contributed by atoms with Gasteiger partial charge in [0, 0.05) is 23.4 Å². The highest BCUT2D eigenvalue weighted by Gasteiger charge is 2.32. The minimum Gasteiger partial charge on any atom is -0.497 e. The lowest BCUT2D eigenvalue weighted by molar-refractivity contribution is -0.385. The van der Waals surface area contributed by atoms with Gasteiger partial charge < -0.3 is 9.15 Å². The predicted octanol–water partition coefficient (Wildman–Crippen LogP) is 4.96. The maximum absolute atomic E-state index is 12.9. The van der Waals surface area contributed by atoms with Crippen LogP contribution in [0.25, 0.3) is 11.5 Å². The van der Waals surface area contributed by atoms with E-state index in [2.05, 4.69) is 10.2 Å². The highest BCUT2D eigenvalue weighted by molar-refractivity contribution is 7.98. The molecule has 11 heteroatoms. The first-order valence-electron chi connectivity index (χ1n) is 7.72. The third-order valence-corrected chi connectivity index (χ3v) is 4.51. The summed E-state index contributed by atoms with van der Waals surface area (Å²) >= 11 is 0.982. The van der Waals surface area contributed by atoms with E-state index in [9.17, 15) is 23.3 Å². The standard InChI is InChI=1S/C17H12F3N3O4S/c1-26-14-4-2-11(3-5-14)15-21-22-16(27-15)28-9-10-6-12(17(18,19)20)8-13(7-10)23(24)25/h2-8H,9H2,1H3. The third-order valence-electron chi connectivity index (χ3n) is 3.62. The van der Waals surface area contributed by atoms with E-state index in [1.165, 1.54) is 7.11 Å². The smallest absolute Gasteiger partial charge is 0.416 e. The summed E-state index contributed by atoms with van der Waals surface area (Å²) in [4.78, 5) is 10.0. The zero-order chi connectivity index (χ0) is 20.3. The SMILES string of the molecule is COc1ccc(-c2nnc(SCc3cc([N+](=O)[O-])cc(C(F)(F)F)c3)o2)cc1. The van der Waals surface area contributed by atoms with Crippen molar-refractivity contribution in [3.05, 3.63) is 63.7 Å². The summed E-state index contributed by atoms with van der Waals surface area (Å²) in [5.74, 6) is 0.888. The van der Waals surface area contributed by atoms with Gasteiger partial charge >= 0.3 is 6.18 Å². The van der Waals surface area contributed by atoms with Gasteiger partial charge in [-0.15, -0.1) is 10.2 Å². The Morgan fingerprint density at radius 2 is 1.89 bits per heavy atom. The van der Waals surface area contributed by atoms with E-state index in [0.717, 1.165) is 23.9 Å². The Balaban J connectivity index is 1.76. The number of non-ortho nitro benzene ring substituents is 1. The number of hydrogen-bond acceptors (Lipinski definition) is 7. The monoisotopic (exact) mass is 411 g/mol. The van der Waals surface area contributed by atoms with Crippen LogP contribution in [0, 0.1) is 10.1 Å². The molecule has 0 atom stereocenters. The first-order chi connectivity index (χ1) is 13.3. The molecule has 0 unspecified atom stereocenters. The predicted molar refractivity (Wildman–Crippen MR) is 93.9 cm³/mol. The Morgan fingerprint density at radius 3 is 2.50 bits per heavy atom. The Kier molecular flexibility index (Phi) is 5.54. The molecule has 0 aliphatic heterocycles. The van der Waals surface area contributed by atoms with Crippen LogP contribution in [0.2, 0.25) is 0 Å². The maximum atomic E-state index is 12.9. The zero-order valence-electron chi connectivity index (χ0n) is 14.3. The molecule has 3 rings (SSSR count). The molecule has 3 aromatic rings. The van der Waals surface area contributed by atoms with Gasteiger partial charge in [-0.1, -0.05) is 11.8 Å². The summed E-state index contributed by atoms with van der Waals surface area (Å²) in [6, 6.07) is 9.32. The van der Waals surface area contributed by atoms with Crippen LogP contribution in [0.1, 0.15) is 11.1 Å². The van der Waals surface area contributed by atoms with Crippen molar-refractivity contribution in [2.75, 3.05) is 7.11 Å². The summed E-state index contributed by atoms with van der Waals surface area (Å²) in [5.41, 5.74) is -0.942. The molecule has 0 fully saturated rings. The van der Waals surface area contributed by atoms with Gasteiger partial charge in [0.05, 0.1) is 17.6 Å². The van der Waals surface area contributed by atoms with E-state index in [0.29, 0.717) is 17.4 Å². The highest BCUT2D eigenvalue weighted by atomic mass is 32.2. The van der Waals surface area contributed by atoms with Crippen molar-refractivity contribution in [2.24, 2.45) is 0 Å². The fraction of sp³-hybridized carbons (Fsp3) is 0.176. The second-order valence-electron chi connectivity index (χ2n) is 5.53. The number of alkyl halides is 3. The molecular formula is C17H12F3N3O4S. The lowest BCUT2D eigenvalue weighted by Crippen LogP contribution is -2.06. The van der Waals surface area contributed by atoms with E-state index in [1.54, 1.807) is 24.3 Å². The number of nitro groups is 1. The quantitative estimate of drug-likeness (QED) is 0.321. The number of hydrogen-bond donors (Lipinski definition) is 0. The van der Waals surface area contributed by atoms with Crippen LogP contribution in [0.3, 0.4) is 0 Å². The average Bonchev–Trinajstić information content (AvgIpc) is 3.14. The summed E-state index contributed by atoms with van der Waals surface area (Å²) < 4.78 is 49.4. The van der Waals surface area contributed by atoms with Crippen molar-refractivity contribution in [3.8, 4) is 17.2 Å². The molecule has 0 amide bonds. The van der Waals surface area contributed by atoms with Crippen LogP contribution in [-0.4, -0.2) is 22.2 Å². The minimum atomic E-state index is -4.68. The topological polar surface area (TPSA) is 91.3 Å². The molecule has 0 saturated heterocycles. The number of rotatable bonds is 6. The van der Waals surface area contributed by atoms with Gasteiger partial charge in [0.2, 0.25) is 5.89 Å². The summed E-state index contributed by atoms with van der Waals surface area (Å²) in [7, 11) is 1.54. The average molecular weight is 411 g/mol. The molecule has 146 valence electrons. The molecule has 0 aliphatic rings. The van der Waals surface area contributed by atoms with Crippen LogP contribution in [-0.2, 0) is 11.9 Å². The molecule has 0 radical (unpaired) electrons. The second-order valence-corrected chi connectivity index (χ2v) is 6.46. The maximum Gasteiger partial charge on any atom is 0.416 e. The van der Waals surface area contributed by atoms with E-state index in [4.69, 9.17) is 9.15 Å². The number of nitrogens with zero attached hydrogens (tertiary/aromatic N) is 3. The molecule has 7 nitrogen and oxygen atoms in total. The number of methoxy groups -OCH3 is 1. The Hall–Kier alpha value is -3.08. The summed E-state index contributed by atoms with van der Waals surface area (Å²) in [6.07, 6.45) is -4.68. The molecule has 0 N–H and O–H groups in total. The van der Waals surface area contributed by atoms with Crippen molar-refractivity contribution in [1.29, 1.82) is 0 Å². The van der Waals surface area contributed by atoms with Gasteiger partial charge in [-0.25, -0.2) is 0 Å².